The highest BCUT2D eigenvalue weighted by atomic mass is 35.5. The van der Waals surface area contributed by atoms with E-state index >= 15 is 0 Å². The number of carboxylic acid groups (broad SMARTS) is 1. The number of aliphatic carboxylic acids is 1. The monoisotopic (exact) mass is 165 g/mol. The SMILES string of the molecule is CC/C(N)=C(/C)C(=O)O.Cl. The molecule has 0 saturated carbocycles. The molecule has 3 N–H and O–H groups in total. The van der Waals surface area contributed by atoms with E-state index in [0.29, 0.717) is 12.1 Å². The zero-order chi connectivity index (χ0) is 7.44. The second kappa shape index (κ2) is 5.11. The molecule has 0 spiro atoms. The summed E-state index contributed by atoms with van der Waals surface area (Å²) in [6.45, 7) is 3.32. The van der Waals surface area contributed by atoms with Gasteiger partial charge in [0.25, 0.3) is 0 Å². The first-order valence-corrected chi connectivity index (χ1v) is 2.78. The molecule has 60 valence electrons. The normalized spacial score (nSPS) is 11.4. The van der Waals surface area contributed by atoms with Crippen LogP contribution in [0.1, 0.15) is 20.3 Å². The predicted molar refractivity (Wildman–Crippen MR) is 42.1 cm³/mol. The molecule has 0 aliphatic carbocycles. The molecule has 0 aromatic rings. The van der Waals surface area contributed by atoms with Crippen LogP contribution in [0.5, 0.6) is 0 Å². The van der Waals surface area contributed by atoms with Crippen molar-refractivity contribution in [2.45, 2.75) is 20.3 Å². The molecular weight excluding hydrogens is 154 g/mol. The molecular formula is C6H12ClNO2. The zero-order valence-corrected chi connectivity index (χ0v) is 6.86. The Bertz CT molecular complexity index is 154. The standard InChI is InChI=1S/C6H11NO2.ClH/c1-3-5(7)4(2)6(8)9;/h3,7H2,1-2H3,(H,8,9);1H/b5-4+;. The number of allylic oxidation sites excluding steroid dienone is 1. The van der Waals surface area contributed by atoms with E-state index in [4.69, 9.17) is 10.8 Å². The van der Waals surface area contributed by atoms with E-state index in [-0.39, 0.29) is 18.0 Å². The first-order chi connectivity index (χ1) is 4.09. The molecule has 0 unspecified atom stereocenters. The minimum absolute atomic E-state index is 0. The second-order valence-electron chi connectivity index (χ2n) is 1.81. The third-order valence-electron chi connectivity index (χ3n) is 1.18. The maximum Gasteiger partial charge on any atom is 0.333 e. The summed E-state index contributed by atoms with van der Waals surface area (Å²) in [7, 11) is 0. The molecule has 0 amide bonds. The summed E-state index contributed by atoms with van der Waals surface area (Å²) in [4.78, 5) is 10.2. The summed E-state index contributed by atoms with van der Waals surface area (Å²) in [5.74, 6) is -0.936. The van der Waals surface area contributed by atoms with Gasteiger partial charge in [0.05, 0.1) is 5.57 Å². The summed E-state index contributed by atoms with van der Waals surface area (Å²) in [5, 5.41) is 8.35. The van der Waals surface area contributed by atoms with Gasteiger partial charge in [-0.15, -0.1) is 12.4 Å². The van der Waals surface area contributed by atoms with E-state index < -0.39 is 5.97 Å². The van der Waals surface area contributed by atoms with Crippen LogP contribution in [0.3, 0.4) is 0 Å². The maximum absolute atomic E-state index is 10.2. The highest BCUT2D eigenvalue weighted by Gasteiger charge is 2.02. The summed E-state index contributed by atoms with van der Waals surface area (Å²) in [6.07, 6.45) is 0.595. The van der Waals surface area contributed by atoms with Crippen LogP contribution in [-0.4, -0.2) is 11.1 Å². The Morgan fingerprint density at radius 1 is 1.60 bits per heavy atom. The van der Waals surface area contributed by atoms with Gasteiger partial charge in [0.2, 0.25) is 0 Å². The Hall–Kier alpha value is -0.700. The number of halogens is 1. The van der Waals surface area contributed by atoms with Crippen molar-refractivity contribution < 1.29 is 9.90 Å². The number of hydrogen-bond donors (Lipinski definition) is 2. The highest BCUT2D eigenvalue weighted by Crippen LogP contribution is 2.00. The van der Waals surface area contributed by atoms with Crippen molar-refractivity contribution >= 4 is 18.4 Å². The number of rotatable bonds is 2. The minimum Gasteiger partial charge on any atom is -0.478 e. The molecule has 3 nitrogen and oxygen atoms in total. The third-order valence-corrected chi connectivity index (χ3v) is 1.18. The van der Waals surface area contributed by atoms with Gasteiger partial charge in [-0.3, -0.25) is 0 Å². The lowest BCUT2D eigenvalue weighted by atomic mass is 10.2. The Kier molecular flexibility index (Phi) is 6.15. The Balaban J connectivity index is 0. The molecule has 4 heteroatoms. The molecule has 0 fully saturated rings. The lowest BCUT2D eigenvalue weighted by Crippen LogP contribution is -2.06. The first-order valence-electron chi connectivity index (χ1n) is 2.78. The largest absolute Gasteiger partial charge is 0.478 e. The maximum atomic E-state index is 10.2. The van der Waals surface area contributed by atoms with E-state index in [1.165, 1.54) is 6.92 Å². The van der Waals surface area contributed by atoms with E-state index in [9.17, 15) is 4.79 Å². The number of carbonyl (C=O) groups is 1. The average Bonchev–Trinajstić information content (AvgIpc) is 1.84. The van der Waals surface area contributed by atoms with Crippen LogP contribution < -0.4 is 5.73 Å². The molecule has 0 saturated heterocycles. The molecule has 0 bridgehead atoms. The van der Waals surface area contributed by atoms with Crippen LogP contribution in [0.25, 0.3) is 0 Å². The number of hydrogen-bond acceptors (Lipinski definition) is 2. The van der Waals surface area contributed by atoms with E-state index in [0.717, 1.165) is 0 Å². The Labute approximate surface area is 66.3 Å². The average molecular weight is 166 g/mol. The summed E-state index contributed by atoms with van der Waals surface area (Å²) >= 11 is 0. The van der Waals surface area contributed by atoms with Gasteiger partial charge in [0, 0.05) is 5.70 Å². The van der Waals surface area contributed by atoms with Crippen LogP contribution >= 0.6 is 12.4 Å². The van der Waals surface area contributed by atoms with Crippen molar-refractivity contribution in [3.05, 3.63) is 11.3 Å². The second-order valence-corrected chi connectivity index (χ2v) is 1.81. The number of carboxylic acids is 1. The summed E-state index contributed by atoms with van der Waals surface area (Å²) in [5.41, 5.74) is 6.01. The van der Waals surface area contributed by atoms with Crippen LogP contribution in [0.15, 0.2) is 11.3 Å². The van der Waals surface area contributed by atoms with Gasteiger partial charge in [0.15, 0.2) is 0 Å². The fourth-order valence-corrected chi connectivity index (χ4v) is 0.403. The molecule has 0 aromatic carbocycles. The van der Waals surface area contributed by atoms with Gasteiger partial charge in [-0.2, -0.15) is 0 Å². The zero-order valence-electron chi connectivity index (χ0n) is 6.05. The smallest absolute Gasteiger partial charge is 0.333 e. The molecule has 0 aliphatic rings. The Morgan fingerprint density at radius 3 is 2.10 bits per heavy atom. The van der Waals surface area contributed by atoms with Crippen molar-refractivity contribution in [1.29, 1.82) is 0 Å². The van der Waals surface area contributed by atoms with Gasteiger partial charge >= 0.3 is 5.97 Å². The van der Waals surface area contributed by atoms with Crippen molar-refractivity contribution in [3.8, 4) is 0 Å². The first kappa shape index (κ1) is 12.0. The fraction of sp³-hybridized carbons (Fsp3) is 0.500. The minimum atomic E-state index is -0.936. The van der Waals surface area contributed by atoms with Crippen molar-refractivity contribution in [2.24, 2.45) is 5.73 Å². The van der Waals surface area contributed by atoms with Gasteiger partial charge < -0.3 is 10.8 Å². The fourth-order valence-electron chi connectivity index (χ4n) is 0.403. The van der Waals surface area contributed by atoms with Gasteiger partial charge in [-0.1, -0.05) is 6.92 Å². The van der Waals surface area contributed by atoms with Crippen molar-refractivity contribution in [2.75, 3.05) is 0 Å². The molecule has 0 atom stereocenters. The molecule has 0 heterocycles. The summed E-state index contributed by atoms with van der Waals surface area (Å²) < 4.78 is 0. The lowest BCUT2D eigenvalue weighted by Gasteiger charge is -1.97. The highest BCUT2D eigenvalue weighted by molar-refractivity contribution is 5.86. The summed E-state index contributed by atoms with van der Waals surface area (Å²) in [6, 6.07) is 0. The van der Waals surface area contributed by atoms with E-state index in [1.807, 2.05) is 6.92 Å². The lowest BCUT2D eigenvalue weighted by molar-refractivity contribution is -0.132. The van der Waals surface area contributed by atoms with Crippen LogP contribution in [-0.2, 0) is 4.79 Å². The predicted octanol–water partition coefficient (Wildman–Crippen LogP) is 1.14. The van der Waals surface area contributed by atoms with Gasteiger partial charge in [-0.25, -0.2) is 4.79 Å². The third kappa shape index (κ3) is 3.35. The van der Waals surface area contributed by atoms with E-state index in [1.54, 1.807) is 0 Å². The molecule has 0 aromatic heterocycles. The van der Waals surface area contributed by atoms with Crippen molar-refractivity contribution in [3.63, 3.8) is 0 Å². The molecule has 0 rings (SSSR count). The van der Waals surface area contributed by atoms with Crippen LogP contribution in [0, 0.1) is 0 Å². The Morgan fingerprint density at radius 2 is 2.00 bits per heavy atom. The van der Waals surface area contributed by atoms with E-state index in [2.05, 4.69) is 0 Å². The van der Waals surface area contributed by atoms with Crippen LogP contribution in [0.4, 0.5) is 0 Å². The van der Waals surface area contributed by atoms with Crippen molar-refractivity contribution in [1.82, 2.24) is 0 Å². The van der Waals surface area contributed by atoms with Crippen LogP contribution in [0.2, 0.25) is 0 Å². The number of nitrogens with two attached hydrogens (primary N) is 1. The molecule has 10 heavy (non-hydrogen) atoms. The molecule has 0 radical (unpaired) electrons. The quantitative estimate of drug-likeness (QED) is 0.603. The molecule has 0 aliphatic heterocycles. The van der Waals surface area contributed by atoms with Gasteiger partial charge in [0.1, 0.15) is 0 Å². The van der Waals surface area contributed by atoms with Gasteiger partial charge in [-0.05, 0) is 13.3 Å². The topological polar surface area (TPSA) is 63.3 Å².